The van der Waals surface area contributed by atoms with E-state index in [1.54, 1.807) is 12.1 Å². The molecule has 0 N–H and O–H groups in total. The molecule has 1 saturated heterocycles. The molecule has 3 aromatic heterocycles. The molecule has 0 aliphatic carbocycles. The molecular formula is C44H49ClFN5O5S. The quantitative estimate of drug-likeness (QED) is 0.159. The zero-order chi connectivity index (χ0) is 39.6. The van der Waals surface area contributed by atoms with Crippen molar-refractivity contribution in [3.8, 4) is 16.9 Å². The molecule has 6 aromatic rings. The van der Waals surface area contributed by atoms with Crippen molar-refractivity contribution in [1.29, 1.82) is 0 Å². The summed E-state index contributed by atoms with van der Waals surface area (Å²) in [5.41, 5.74) is 8.91. The third-order valence-electron chi connectivity index (χ3n) is 11.2. The summed E-state index contributed by atoms with van der Waals surface area (Å²) in [5, 5.41) is 12.9. The van der Waals surface area contributed by atoms with Gasteiger partial charge in [0.25, 0.3) is 0 Å². The first-order chi connectivity index (χ1) is 27.7. The Labute approximate surface area is 341 Å². The molecule has 6 bridgehead atoms. The van der Waals surface area contributed by atoms with Crippen LogP contribution >= 0.6 is 23.4 Å². The molecule has 0 spiro atoms. The summed E-state index contributed by atoms with van der Waals surface area (Å²) in [6.45, 7) is 3.94. The first-order valence-electron chi connectivity index (χ1n) is 19.8. The van der Waals surface area contributed by atoms with Gasteiger partial charge < -0.3 is 23.5 Å². The van der Waals surface area contributed by atoms with E-state index in [1.807, 2.05) is 54.3 Å². The van der Waals surface area contributed by atoms with Crippen LogP contribution in [-0.4, -0.2) is 62.5 Å². The average Bonchev–Trinajstić information content (AvgIpc) is 3.82. The predicted octanol–water partition coefficient (Wildman–Crippen LogP) is 9.29. The van der Waals surface area contributed by atoms with Crippen LogP contribution in [0.1, 0.15) is 76.5 Å². The van der Waals surface area contributed by atoms with E-state index in [9.17, 15) is 9.18 Å². The van der Waals surface area contributed by atoms with Crippen LogP contribution in [-0.2, 0) is 66.5 Å². The number of esters is 1. The van der Waals surface area contributed by atoms with Crippen molar-refractivity contribution in [2.45, 2.75) is 83.5 Å². The molecule has 0 radical (unpaired) electrons. The highest BCUT2D eigenvalue weighted by Crippen LogP contribution is 2.43. The van der Waals surface area contributed by atoms with Crippen LogP contribution in [0.3, 0.4) is 0 Å². The number of hydrogen-bond acceptors (Lipinski definition) is 8. The van der Waals surface area contributed by atoms with Crippen molar-refractivity contribution >= 4 is 51.0 Å². The lowest BCUT2D eigenvalue weighted by atomic mass is 9.98. The van der Waals surface area contributed by atoms with Crippen LogP contribution in [0.15, 0.2) is 48.5 Å². The predicted molar refractivity (Wildman–Crippen MR) is 223 cm³/mol. The lowest BCUT2D eigenvalue weighted by Crippen LogP contribution is -2.22. The highest BCUT2D eigenvalue weighted by atomic mass is 35.5. The molecule has 1 fully saturated rings. The molecule has 2 aliphatic rings. The minimum absolute atomic E-state index is 0.261. The molecule has 13 heteroatoms. The van der Waals surface area contributed by atoms with Crippen molar-refractivity contribution in [2.24, 2.45) is 14.1 Å². The van der Waals surface area contributed by atoms with Crippen LogP contribution in [0.2, 0.25) is 5.02 Å². The van der Waals surface area contributed by atoms with Crippen LogP contribution in [0.5, 0.6) is 5.75 Å². The minimum Gasteiger partial charge on any atom is -0.493 e. The minimum atomic E-state index is -0.401. The van der Waals surface area contributed by atoms with E-state index in [4.69, 9.17) is 40.7 Å². The number of aryl methyl sites for hydroxylation is 6. The van der Waals surface area contributed by atoms with E-state index in [1.165, 1.54) is 13.2 Å². The molecule has 0 amide bonds. The Balaban J connectivity index is 1.22. The summed E-state index contributed by atoms with van der Waals surface area (Å²) < 4.78 is 44.6. The van der Waals surface area contributed by atoms with Gasteiger partial charge in [-0.2, -0.15) is 22.0 Å². The highest BCUT2D eigenvalue weighted by molar-refractivity contribution is 7.98. The summed E-state index contributed by atoms with van der Waals surface area (Å²) in [6.07, 6.45) is 6.20. The van der Waals surface area contributed by atoms with Gasteiger partial charge in [0.2, 0.25) is 0 Å². The van der Waals surface area contributed by atoms with E-state index in [-0.39, 0.29) is 18.7 Å². The van der Waals surface area contributed by atoms with Gasteiger partial charge in [0.05, 0.1) is 42.3 Å². The Kier molecular flexibility index (Phi) is 11.9. The SMILES string of the molecule is COC(=O)c1c2c3ccc(Cl)c(-c4c(COC5CCCCO5)nn(C)c4C)c3n1CCCSCc1cc(n(C)n1)CCc1cc(c3ccc(F)cc3c1)OCCC2. The fourth-order valence-corrected chi connectivity index (χ4v) is 9.44. The Bertz CT molecular complexity index is 2430. The Morgan fingerprint density at radius 3 is 2.65 bits per heavy atom. The average molecular weight is 814 g/mol. The maximum Gasteiger partial charge on any atom is 0.354 e. The van der Waals surface area contributed by atoms with E-state index in [0.717, 1.165) is 117 Å². The first kappa shape index (κ1) is 39.5. The lowest BCUT2D eigenvalue weighted by molar-refractivity contribution is -0.169. The van der Waals surface area contributed by atoms with Gasteiger partial charge in [0.15, 0.2) is 6.29 Å². The molecular weight excluding hydrogens is 765 g/mol. The smallest absolute Gasteiger partial charge is 0.354 e. The molecule has 8 rings (SSSR count). The zero-order valence-electron chi connectivity index (χ0n) is 33.0. The van der Waals surface area contributed by atoms with Crippen LogP contribution in [0.4, 0.5) is 4.39 Å². The number of rotatable bonds is 5. The second kappa shape index (κ2) is 17.2. The number of hydrogen-bond donors (Lipinski definition) is 0. The van der Waals surface area contributed by atoms with Crippen molar-refractivity contribution < 1.29 is 28.1 Å². The van der Waals surface area contributed by atoms with Gasteiger partial charge in [0.1, 0.15) is 17.3 Å². The second-order valence-electron chi connectivity index (χ2n) is 15.0. The number of fused-ring (bicyclic) bond motifs is 11. The maximum absolute atomic E-state index is 14.5. The molecule has 1 unspecified atom stereocenters. The largest absolute Gasteiger partial charge is 0.493 e. The fraction of sp³-hybridized carbons (Fsp3) is 0.432. The third kappa shape index (κ3) is 8.19. The summed E-state index contributed by atoms with van der Waals surface area (Å²) in [6, 6.07) is 15.1. The monoisotopic (exact) mass is 813 g/mol. The molecule has 3 aromatic carbocycles. The van der Waals surface area contributed by atoms with E-state index < -0.39 is 5.97 Å². The standard InChI is InChI=1S/C44H49ClFN5O5S/c1-27-40(37(48-49(27)2)25-56-39-10-5-6-18-55-39)41-36(45)16-15-35-34-9-7-19-54-38-22-28(21-29-23-30(46)12-14-33(29)38)11-13-32-24-31(47-50(32)3)26-57-20-8-17-51(42(35)41)43(34)44(52)53-4/h12,14-16,21-24,39H,5-11,13,17-20,25-26H2,1-4H3. The Morgan fingerprint density at radius 2 is 1.82 bits per heavy atom. The fourth-order valence-electron chi connectivity index (χ4n) is 8.36. The van der Waals surface area contributed by atoms with Gasteiger partial charge in [-0.1, -0.05) is 23.7 Å². The molecule has 1 atom stereocenters. The molecule has 10 nitrogen and oxygen atoms in total. The topological polar surface area (TPSA) is 94.6 Å². The number of aromatic nitrogens is 5. The van der Waals surface area contributed by atoms with Gasteiger partial charge in [-0.15, -0.1) is 0 Å². The number of thioether (sulfide) groups is 1. The summed E-state index contributed by atoms with van der Waals surface area (Å²) in [5.74, 6) is 1.65. The number of benzene rings is 3. The van der Waals surface area contributed by atoms with E-state index in [2.05, 4.69) is 22.8 Å². The molecule has 5 heterocycles. The molecule has 300 valence electrons. The number of carbonyl (C=O) groups is 1. The number of nitrogens with zero attached hydrogens (tertiary/aromatic N) is 5. The van der Waals surface area contributed by atoms with Gasteiger partial charge in [0, 0.05) is 66.3 Å². The third-order valence-corrected chi connectivity index (χ3v) is 12.6. The summed E-state index contributed by atoms with van der Waals surface area (Å²) in [7, 11) is 5.34. The van der Waals surface area contributed by atoms with E-state index >= 15 is 0 Å². The van der Waals surface area contributed by atoms with Gasteiger partial charge in [-0.05, 0) is 117 Å². The summed E-state index contributed by atoms with van der Waals surface area (Å²) >= 11 is 9.06. The summed E-state index contributed by atoms with van der Waals surface area (Å²) in [4.78, 5) is 13.9. The Hall–Kier alpha value is -4.36. The van der Waals surface area contributed by atoms with Crippen LogP contribution < -0.4 is 4.74 Å². The van der Waals surface area contributed by atoms with E-state index in [0.29, 0.717) is 49.1 Å². The van der Waals surface area contributed by atoms with Crippen molar-refractivity contribution in [2.75, 3.05) is 26.1 Å². The molecule has 57 heavy (non-hydrogen) atoms. The van der Waals surface area contributed by atoms with Gasteiger partial charge in [-0.3, -0.25) is 9.36 Å². The zero-order valence-corrected chi connectivity index (χ0v) is 34.6. The number of carbonyl (C=O) groups excluding carboxylic acids is 1. The normalized spacial score (nSPS) is 17.1. The highest BCUT2D eigenvalue weighted by Gasteiger charge is 2.29. The molecule has 0 saturated carbocycles. The first-order valence-corrected chi connectivity index (χ1v) is 21.4. The van der Waals surface area contributed by atoms with Crippen LogP contribution in [0, 0.1) is 12.7 Å². The van der Waals surface area contributed by atoms with Crippen LogP contribution in [0.25, 0.3) is 32.8 Å². The van der Waals surface area contributed by atoms with Crippen molar-refractivity contribution in [3.63, 3.8) is 0 Å². The second-order valence-corrected chi connectivity index (χ2v) is 16.5. The van der Waals surface area contributed by atoms with Gasteiger partial charge >= 0.3 is 5.97 Å². The maximum atomic E-state index is 14.5. The number of ether oxygens (including phenoxy) is 4. The van der Waals surface area contributed by atoms with Crippen molar-refractivity contribution in [1.82, 2.24) is 24.1 Å². The Morgan fingerprint density at radius 1 is 0.965 bits per heavy atom. The van der Waals surface area contributed by atoms with Crippen molar-refractivity contribution in [3.05, 3.63) is 99.0 Å². The molecule has 2 aliphatic heterocycles. The number of halogens is 2. The lowest BCUT2D eigenvalue weighted by Gasteiger charge is -2.22. The van der Waals surface area contributed by atoms with Gasteiger partial charge in [-0.25, -0.2) is 9.18 Å². The number of methoxy groups -OCH3 is 1.